The highest BCUT2D eigenvalue weighted by Gasteiger charge is 2.24. The standard InChI is InChI=1S/C16H17N3O2S/c1-10-13(17-11(2)22-10)9-16(21)19-8-7-15(20)18-12-5-3-4-6-14(12)19/h3-6H,7-9H2,1-2H3,(H,18,20). The molecule has 0 fully saturated rings. The van der Waals surface area contributed by atoms with Crippen LogP contribution in [0, 0.1) is 13.8 Å². The van der Waals surface area contributed by atoms with Crippen molar-refractivity contribution < 1.29 is 9.59 Å². The van der Waals surface area contributed by atoms with Gasteiger partial charge < -0.3 is 10.2 Å². The molecule has 1 aliphatic heterocycles. The van der Waals surface area contributed by atoms with Gasteiger partial charge in [0.05, 0.1) is 28.5 Å². The molecule has 114 valence electrons. The lowest BCUT2D eigenvalue weighted by atomic mass is 10.2. The number of nitrogens with zero attached hydrogens (tertiary/aromatic N) is 2. The fraction of sp³-hybridized carbons (Fsp3) is 0.312. The minimum absolute atomic E-state index is 0.0302. The van der Waals surface area contributed by atoms with E-state index in [1.165, 1.54) is 0 Å². The van der Waals surface area contributed by atoms with Crippen LogP contribution in [0.4, 0.5) is 11.4 Å². The lowest BCUT2D eigenvalue weighted by Crippen LogP contribution is -2.33. The van der Waals surface area contributed by atoms with Gasteiger partial charge in [0.15, 0.2) is 0 Å². The van der Waals surface area contributed by atoms with E-state index in [-0.39, 0.29) is 18.2 Å². The van der Waals surface area contributed by atoms with Gasteiger partial charge in [-0.25, -0.2) is 4.98 Å². The van der Waals surface area contributed by atoms with Gasteiger partial charge in [-0.3, -0.25) is 9.59 Å². The molecular formula is C16H17N3O2S. The molecule has 0 unspecified atom stereocenters. The molecule has 1 N–H and O–H groups in total. The zero-order chi connectivity index (χ0) is 15.7. The van der Waals surface area contributed by atoms with Crippen molar-refractivity contribution in [3.8, 4) is 0 Å². The number of para-hydroxylation sites is 2. The second kappa shape index (κ2) is 5.88. The molecule has 5 nitrogen and oxygen atoms in total. The predicted octanol–water partition coefficient (Wildman–Crippen LogP) is 2.68. The third-order valence-electron chi connectivity index (χ3n) is 3.65. The van der Waals surface area contributed by atoms with Crippen LogP contribution >= 0.6 is 11.3 Å². The maximum Gasteiger partial charge on any atom is 0.233 e. The van der Waals surface area contributed by atoms with E-state index < -0.39 is 0 Å². The number of thiazole rings is 1. The van der Waals surface area contributed by atoms with Crippen LogP contribution in [0.15, 0.2) is 24.3 Å². The maximum absolute atomic E-state index is 12.7. The molecule has 0 saturated carbocycles. The molecular weight excluding hydrogens is 298 g/mol. The van der Waals surface area contributed by atoms with E-state index >= 15 is 0 Å². The third-order valence-corrected chi connectivity index (χ3v) is 4.58. The Morgan fingerprint density at radius 1 is 1.36 bits per heavy atom. The first kappa shape index (κ1) is 14.7. The highest BCUT2D eigenvalue weighted by atomic mass is 32.1. The summed E-state index contributed by atoms with van der Waals surface area (Å²) in [6.45, 7) is 4.31. The molecule has 0 aliphatic carbocycles. The van der Waals surface area contributed by atoms with Crippen molar-refractivity contribution in [3.05, 3.63) is 39.8 Å². The fourth-order valence-corrected chi connectivity index (χ4v) is 3.43. The van der Waals surface area contributed by atoms with Crippen LogP contribution < -0.4 is 10.2 Å². The Hall–Kier alpha value is -2.21. The molecule has 1 aromatic heterocycles. The van der Waals surface area contributed by atoms with E-state index in [2.05, 4.69) is 10.3 Å². The number of rotatable bonds is 2. The van der Waals surface area contributed by atoms with Gasteiger partial charge in [0, 0.05) is 17.8 Å². The van der Waals surface area contributed by atoms with Crippen molar-refractivity contribution in [1.82, 2.24) is 4.98 Å². The summed E-state index contributed by atoms with van der Waals surface area (Å²) in [6, 6.07) is 7.39. The number of hydrogen-bond donors (Lipinski definition) is 1. The summed E-state index contributed by atoms with van der Waals surface area (Å²) in [4.78, 5) is 31.7. The molecule has 2 amide bonds. The minimum Gasteiger partial charge on any atom is -0.324 e. The number of carbonyl (C=O) groups is 2. The topological polar surface area (TPSA) is 62.3 Å². The van der Waals surface area contributed by atoms with E-state index in [9.17, 15) is 9.59 Å². The Balaban J connectivity index is 1.89. The van der Waals surface area contributed by atoms with E-state index in [1.54, 1.807) is 16.2 Å². The van der Waals surface area contributed by atoms with Gasteiger partial charge in [0.25, 0.3) is 0 Å². The molecule has 0 radical (unpaired) electrons. The molecule has 1 aromatic carbocycles. The Morgan fingerprint density at radius 3 is 2.86 bits per heavy atom. The Bertz CT molecular complexity index is 739. The second-order valence-electron chi connectivity index (χ2n) is 5.27. The predicted molar refractivity (Wildman–Crippen MR) is 87.3 cm³/mol. The normalized spacial score (nSPS) is 14.3. The van der Waals surface area contributed by atoms with Gasteiger partial charge in [-0.05, 0) is 26.0 Å². The van der Waals surface area contributed by atoms with Crippen LogP contribution in [-0.2, 0) is 16.0 Å². The molecule has 2 heterocycles. The number of amides is 2. The molecule has 0 atom stereocenters. The summed E-state index contributed by atoms with van der Waals surface area (Å²) in [5.41, 5.74) is 2.26. The zero-order valence-corrected chi connectivity index (χ0v) is 13.4. The van der Waals surface area contributed by atoms with Crippen molar-refractivity contribution in [2.24, 2.45) is 0 Å². The number of benzene rings is 1. The molecule has 22 heavy (non-hydrogen) atoms. The number of fused-ring (bicyclic) bond motifs is 1. The van der Waals surface area contributed by atoms with Crippen molar-refractivity contribution in [3.63, 3.8) is 0 Å². The Labute approximate surface area is 133 Å². The molecule has 6 heteroatoms. The highest BCUT2D eigenvalue weighted by Crippen LogP contribution is 2.29. The Kier molecular flexibility index (Phi) is 3.94. The van der Waals surface area contributed by atoms with Crippen LogP contribution in [0.5, 0.6) is 0 Å². The van der Waals surface area contributed by atoms with Gasteiger partial charge in [-0.1, -0.05) is 12.1 Å². The fourth-order valence-electron chi connectivity index (χ4n) is 2.60. The van der Waals surface area contributed by atoms with E-state index in [1.807, 2.05) is 38.1 Å². The monoisotopic (exact) mass is 315 g/mol. The number of carbonyl (C=O) groups excluding carboxylic acids is 2. The summed E-state index contributed by atoms with van der Waals surface area (Å²) >= 11 is 1.60. The van der Waals surface area contributed by atoms with Crippen LogP contribution in [0.1, 0.15) is 22.0 Å². The molecule has 2 aromatic rings. The molecule has 0 bridgehead atoms. The first-order valence-corrected chi connectivity index (χ1v) is 7.98. The van der Waals surface area contributed by atoms with Crippen LogP contribution in [0.25, 0.3) is 0 Å². The summed E-state index contributed by atoms with van der Waals surface area (Å²) in [5, 5.41) is 3.81. The van der Waals surface area contributed by atoms with E-state index in [0.717, 1.165) is 21.3 Å². The summed E-state index contributed by atoms with van der Waals surface area (Å²) < 4.78 is 0. The third kappa shape index (κ3) is 2.87. The lowest BCUT2D eigenvalue weighted by molar-refractivity contribution is -0.118. The highest BCUT2D eigenvalue weighted by molar-refractivity contribution is 7.11. The SMILES string of the molecule is Cc1nc(CC(=O)N2CCC(=O)Nc3ccccc32)c(C)s1. The Morgan fingerprint density at radius 2 is 2.14 bits per heavy atom. The minimum atomic E-state index is -0.0663. The van der Waals surface area contributed by atoms with Crippen LogP contribution in [0.2, 0.25) is 0 Å². The van der Waals surface area contributed by atoms with Crippen molar-refractivity contribution >= 4 is 34.5 Å². The number of aryl methyl sites for hydroxylation is 2. The quantitative estimate of drug-likeness (QED) is 0.927. The van der Waals surface area contributed by atoms with E-state index in [4.69, 9.17) is 0 Å². The first-order chi connectivity index (χ1) is 10.5. The first-order valence-electron chi connectivity index (χ1n) is 7.17. The smallest absolute Gasteiger partial charge is 0.233 e. The van der Waals surface area contributed by atoms with Crippen molar-refractivity contribution in [1.29, 1.82) is 0 Å². The van der Waals surface area contributed by atoms with E-state index in [0.29, 0.717) is 18.7 Å². The number of anilines is 2. The molecule has 3 rings (SSSR count). The lowest BCUT2D eigenvalue weighted by Gasteiger charge is -2.21. The van der Waals surface area contributed by atoms with Crippen LogP contribution in [0.3, 0.4) is 0 Å². The summed E-state index contributed by atoms with van der Waals surface area (Å²) in [6.07, 6.45) is 0.564. The molecule has 0 saturated heterocycles. The summed E-state index contributed by atoms with van der Waals surface area (Å²) in [5.74, 6) is -0.0965. The van der Waals surface area contributed by atoms with Gasteiger partial charge in [-0.2, -0.15) is 0 Å². The van der Waals surface area contributed by atoms with Crippen LogP contribution in [-0.4, -0.2) is 23.3 Å². The average Bonchev–Trinajstić information content (AvgIpc) is 2.69. The number of aromatic nitrogens is 1. The summed E-state index contributed by atoms with van der Waals surface area (Å²) in [7, 11) is 0. The van der Waals surface area contributed by atoms with Gasteiger partial charge in [-0.15, -0.1) is 11.3 Å². The molecule has 0 spiro atoms. The second-order valence-corrected chi connectivity index (χ2v) is 6.68. The van der Waals surface area contributed by atoms with Crippen molar-refractivity contribution in [2.45, 2.75) is 26.7 Å². The zero-order valence-electron chi connectivity index (χ0n) is 12.5. The van der Waals surface area contributed by atoms with Crippen molar-refractivity contribution in [2.75, 3.05) is 16.8 Å². The van der Waals surface area contributed by atoms with Gasteiger partial charge in [0.2, 0.25) is 11.8 Å². The number of hydrogen-bond acceptors (Lipinski definition) is 4. The maximum atomic E-state index is 12.7. The number of nitrogens with one attached hydrogen (secondary N) is 1. The largest absolute Gasteiger partial charge is 0.324 e. The van der Waals surface area contributed by atoms with Gasteiger partial charge >= 0.3 is 0 Å². The van der Waals surface area contributed by atoms with Gasteiger partial charge in [0.1, 0.15) is 0 Å². The molecule has 1 aliphatic rings. The average molecular weight is 315 g/mol.